The van der Waals surface area contributed by atoms with Crippen LogP contribution in [0.3, 0.4) is 0 Å². The number of oxime groups is 1. The highest BCUT2D eigenvalue weighted by molar-refractivity contribution is 6.30. The van der Waals surface area contributed by atoms with Crippen molar-refractivity contribution >= 4 is 17.3 Å². The van der Waals surface area contributed by atoms with Crippen molar-refractivity contribution in [3.8, 4) is 11.3 Å². The Balaban J connectivity index is 1.58. The Bertz CT molecular complexity index is 837. The number of hydrogen-bond donors (Lipinski definition) is 0. The van der Waals surface area contributed by atoms with Gasteiger partial charge in [0.1, 0.15) is 0 Å². The van der Waals surface area contributed by atoms with Crippen LogP contribution in [0.5, 0.6) is 0 Å². The van der Waals surface area contributed by atoms with E-state index >= 15 is 0 Å². The van der Waals surface area contributed by atoms with Crippen LogP contribution in [-0.2, 0) is 4.84 Å². The highest BCUT2D eigenvalue weighted by Crippen LogP contribution is 2.30. The fourth-order valence-corrected chi connectivity index (χ4v) is 2.95. The Morgan fingerprint density at radius 3 is 2.48 bits per heavy atom. The van der Waals surface area contributed by atoms with Gasteiger partial charge in [0.25, 0.3) is 0 Å². The van der Waals surface area contributed by atoms with E-state index < -0.39 is 0 Å². The molecule has 1 aliphatic heterocycles. The van der Waals surface area contributed by atoms with Gasteiger partial charge < -0.3 is 9.40 Å². The molecule has 0 saturated heterocycles. The lowest BCUT2D eigenvalue weighted by Gasteiger charge is -2.14. The van der Waals surface area contributed by atoms with Gasteiger partial charge in [-0.05, 0) is 35.4 Å². The molecule has 3 nitrogen and oxygen atoms in total. The first-order chi connectivity index (χ1) is 11.3. The molecule has 3 aromatic rings. The van der Waals surface area contributed by atoms with Crippen molar-refractivity contribution < 1.29 is 4.84 Å². The van der Waals surface area contributed by atoms with Crippen molar-refractivity contribution in [2.24, 2.45) is 5.16 Å². The Morgan fingerprint density at radius 2 is 1.70 bits per heavy atom. The van der Waals surface area contributed by atoms with Crippen molar-refractivity contribution in [1.82, 2.24) is 4.57 Å². The summed E-state index contributed by atoms with van der Waals surface area (Å²) >= 11 is 5.94. The van der Waals surface area contributed by atoms with E-state index in [0.29, 0.717) is 0 Å². The maximum Gasteiger partial charge on any atom is 0.209 e. The molecule has 23 heavy (non-hydrogen) atoms. The highest BCUT2D eigenvalue weighted by Gasteiger charge is 2.25. The third kappa shape index (κ3) is 2.76. The van der Waals surface area contributed by atoms with Crippen LogP contribution >= 0.6 is 11.6 Å². The van der Waals surface area contributed by atoms with E-state index in [-0.39, 0.29) is 6.23 Å². The molecule has 0 bridgehead atoms. The van der Waals surface area contributed by atoms with Crippen LogP contribution in [0.4, 0.5) is 0 Å². The van der Waals surface area contributed by atoms with Gasteiger partial charge in [0, 0.05) is 11.2 Å². The SMILES string of the molecule is Clc1ccc(C2=NOC(n3cccc3-c3ccccc3)C2)cc1. The van der Waals surface area contributed by atoms with Crippen LogP contribution in [-0.4, -0.2) is 10.3 Å². The van der Waals surface area contributed by atoms with E-state index in [1.165, 1.54) is 5.56 Å². The summed E-state index contributed by atoms with van der Waals surface area (Å²) in [6.45, 7) is 0. The van der Waals surface area contributed by atoms with Crippen LogP contribution in [0.15, 0.2) is 78.1 Å². The molecule has 0 N–H and O–H groups in total. The summed E-state index contributed by atoms with van der Waals surface area (Å²) in [4.78, 5) is 5.67. The zero-order chi connectivity index (χ0) is 15.6. The standard InChI is InChI=1S/C19H15ClN2O/c20-16-10-8-14(9-11-16)17-13-19(23-21-17)22-12-4-7-18(22)15-5-2-1-3-6-15/h1-12,19H,13H2. The number of nitrogens with zero attached hydrogens (tertiary/aromatic N) is 2. The molecular weight excluding hydrogens is 308 g/mol. The molecule has 4 heteroatoms. The summed E-state index contributed by atoms with van der Waals surface area (Å²) in [5.41, 5.74) is 4.29. The predicted molar refractivity (Wildman–Crippen MR) is 92.6 cm³/mol. The van der Waals surface area contributed by atoms with Gasteiger partial charge in [-0.25, -0.2) is 0 Å². The van der Waals surface area contributed by atoms with Crippen molar-refractivity contribution in [2.75, 3.05) is 0 Å². The quantitative estimate of drug-likeness (QED) is 0.656. The predicted octanol–water partition coefficient (Wildman–Crippen LogP) is 5.13. The molecule has 1 atom stereocenters. The molecule has 0 radical (unpaired) electrons. The number of aromatic nitrogens is 1. The van der Waals surface area contributed by atoms with Crippen LogP contribution in [0.1, 0.15) is 18.2 Å². The van der Waals surface area contributed by atoms with Crippen LogP contribution < -0.4 is 0 Å². The summed E-state index contributed by atoms with van der Waals surface area (Å²) in [5, 5.41) is 4.98. The van der Waals surface area contributed by atoms with Gasteiger partial charge in [0.15, 0.2) is 0 Å². The normalized spacial score (nSPS) is 16.9. The fraction of sp³-hybridized carbons (Fsp3) is 0.105. The summed E-state index contributed by atoms with van der Waals surface area (Å²) in [5.74, 6) is 0. The summed E-state index contributed by atoms with van der Waals surface area (Å²) in [6, 6.07) is 22.1. The van der Waals surface area contributed by atoms with Crippen molar-refractivity contribution in [3.63, 3.8) is 0 Å². The van der Waals surface area contributed by atoms with Crippen molar-refractivity contribution in [3.05, 3.63) is 83.5 Å². The third-order valence-corrected chi connectivity index (χ3v) is 4.24. The van der Waals surface area contributed by atoms with Crippen molar-refractivity contribution in [2.45, 2.75) is 12.6 Å². The van der Waals surface area contributed by atoms with Gasteiger partial charge in [-0.15, -0.1) is 0 Å². The molecule has 1 aromatic heterocycles. The van der Waals surface area contributed by atoms with Crippen LogP contribution in [0, 0.1) is 0 Å². The zero-order valence-corrected chi connectivity index (χ0v) is 13.1. The van der Waals surface area contributed by atoms with Gasteiger partial charge >= 0.3 is 0 Å². The molecule has 0 saturated carbocycles. The maximum absolute atomic E-state index is 5.94. The smallest absolute Gasteiger partial charge is 0.209 e. The number of hydrogen-bond acceptors (Lipinski definition) is 2. The number of benzene rings is 2. The maximum atomic E-state index is 5.94. The fourth-order valence-electron chi connectivity index (χ4n) is 2.82. The summed E-state index contributed by atoms with van der Waals surface area (Å²) < 4.78 is 2.13. The lowest BCUT2D eigenvalue weighted by molar-refractivity contribution is 0.0337. The molecule has 0 aliphatic carbocycles. The van der Waals surface area contributed by atoms with E-state index in [1.54, 1.807) is 0 Å². The monoisotopic (exact) mass is 322 g/mol. The molecule has 4 rings (SSSR count). The summed E-state index contributed by atoms with van der Waals surface area (Å²) in [7, 11) is 0. The van der Waals surface area contributed by atoms with Gasteiger partial charge in [-0.3, -0.25) is 0 Å². The Kier molecular flexibility index (Phi) is 3.64. The van der Waals surface area contributed by atoms with E-state index in [2.05, 4.69) is 27.9 Å². The van der Waals surface area contributed by atoms with E-state index in [4.69, 9.17) is 16.4 Å². The largest absolute Gasteiger partial charge is 0.369 e. The lowest BCUT2D eigenvalue weighted by Crippen LogP contribution is -2.09. The Hall–Kier alpha value is -2.52. The van der Waals surface area contributed by atoms with Gasteiger partial charge in [-0.1, -0.05) is 59.2 Å². The Labute approximate surface area is 139 Å². The van der Waals surface area contributed by atoms with E-state index in [9.17, 15) is 0 Å². The van der Waals surface area contributed by atoms with E-state index in [0.717, 1.165) is 28.4 Å². The second kappa shape index (κ2) is 5.94. The second-order valence-electron chi connectivity index (χ2n) is 5.48. The Morgan fingerprint density at radius 1 is 0.913 bits per heavy atom. The molecule has 1 aliphatic rings. The first-order valence-corrected chi connectivity index (χ1v) is 7.90. The minimum atomic E-state index is -0.120. The molecule has 0 fully saturated rings. The van der Waals surface area contributed by atoms with Gasteiger partial charge in [0.05, 0.1) is 17.8 Å². The lowest BCUT2D eigenvalue weighted by atomic mass is 10.1. The molecular formula is C19H15ClN2O. The molecule has 0 spiro atoms. The average molecular weight is 323 g/mol. The minimum Gasteiger partial charge on any atom is -0.369 e. The van der Waals surface area contributed by atoms with Crippen LogP contribution in [0.2, 0.25) is 5.02 Å². The number of rotatable bonds is 3. The topological polar surface area (TPSA) is 26.5 Å². The molecule has 114 valence electrons. The van der Waals surface area contributed by atoms with E-state index in [1.807, 2.05) is 54.7 Å². The molecule has 2 heterocycles. The molecule has 1 unspecified atom stereocenters. The third-order valence-electron chi connectivity index (χ3n) is 3.99. The summed E-state index contributed by atoms with van der Waals surface area (Å²) in [6.07, 6.45) is 2.65. The minimum absolute atomic E-state index is 0.120. The number of halogens is 1. The zero-order valence-electron chi connectivity index (χ0n) is 12.4. The molecule has 2 aromatic carbocycles. The first-order valence-electron chi connectivity index (χ1n) is 7.52. The average Bonchev–Trinajstić information content (AvgIpc) is 3.25. The first kappa shape index (κ1) is 14.1. The van der Waals surface area contributed by atoms with Gasteiger partial charge in [0.2, 0.25) is 6.23 Å². The second-order valence-corrected chi connectivity index (χ2v) is 5.91. The molecule has 0 amide bonds. The van der Waals surface area contributed by atoms with Crippen molar-refractivity contribution in [1.29, 1.82) is 0 Å². The van der Waals surface area contributed by atoms with Gasteiger partial charge in [-0.2, -0.15) is 0 Å². The highest BCUT2D eigenvalue weighted by atomic mass is 35.5. The van der Waals surface area contributed by atoms with Crippen LogP contribution in [0.25, 0.3) is 11.3 Å².